The molecule has 1 unspecified atom stereocenters. The predicted octanol–water partition coefficient (Wildman–Crippen LogP) is 2.26. The average Bonchev–Trinajstić information content (AvgIpc) is 2.90. The molecule has 0 saturated carbocycles. The molecule has 1 atom stereocenters. The minimum atomic E-state index is 0.0848. The van der Waals surface area contributed by atoms with Crippen molar-refractivity contribution in [1.82, 2.24) is 10.2 Å². The lowest BCUT2D eigenvalue weighted by Crippen LogP contribution is -2.31. The molecule has 0 spiro atoms. The first-order valence-electron chi connectivity index (χ1n) is 7.94. The third kappa shape index (κ3) is 4.74. The van der Waals surface area contributed by atoms with Gasteiger partial charge in [-0.25, -0.2) is 0 Å². The zero-order chi connectivity index (χ0) is 15.2. The fourth-order valence-electron chi connectivity index (χ4n) is 2.77. The molecule has 1 fully saturated rings. The van der Waals surface area contributed by atoms with Gasteiger partial charge < -0.3 is 10.6 Å². The number of benzene rings is 1. The van der Waals surface area contributed by atoms with Gasteiger partial charge in [-0.3, -0.25) is 9.69 Å². The van der Waals surface area contributed by atoms with Crippen molar-refractivity contribution in [3.05, 3.63) is 29.8 Å². The van der Waals surface area contributed by atoms with Crippen LogP contribution < -0.4 is 10.6 Å². The van der Waals surface area contributed by atoms with Crippen LogP contribution in [0.5, 0.6) is 0 Å². The molecule has 1 saturated heterocycles. The van der Waals surface area contributed by atoms with Crippen LogP contribution in [0, 0.1) is 0 Å². The number of likely N-dealkylation sites (tertiary alicyclic amines) is 1. The number of nitrogens with one attached hydrogen (secondary N) is 2. The summed E-state index contributed by atoms with van der Waals surface area (Å²) >= 11 is 0. The number of rotatable bonds is 6. The molecular weight excluding hydrogens is 262 g/mol. The van der Waals surface area contributed by atoms with Gasteiger partial charge in [-0.2, -0.15) is 0 Å². The molecule has 1 heterocycles. The van der Waals surface area contributed by atoms with E-state index in [1.165, 1.54) is 13.0 Å². The zero-order valence-electron chi connectivity index (χ0n) is 13.4. The Kier molecular flexibility index (Phi) is 5.62. The smallest absolute Gasteiger partial charge is 0.224 e. The highest BCUT2D eigenvalue weighted by Gasteiger charge is 2.23. The molecule has 1 aromatic rings. The number of amides is 1. The van der Waals surface area contributed by atoms with E-state index in [0.717, 1.165) is 17.8 Å². The molecule has 116 valence electrons. The van der Waals surface area contributed by atoms with Crippen LogP contribution in [0.3, 0.4) is 0 Å². The second-order valence-corrected chi connectivity index (χ2v) is 6.05. The van der Waals surface area contributed by atoms with Gasteiger partial charge in [0.05, 0.1) is 6.42 Å². The van der Waals surface area contributed by atoms with Crippen molar-refractivity contribution in [3.8, 4) is 0 Å². The molecule has 1 aromatic carbocycles. The third-order valence-electron chi connectivity index (χ3n) is 4.01. The molecule has 0 radical (unpaired) electrons. The highest BCUT2D eigenvalue weighted by Crippen LogP contribution is 2.18. The molecule has 4 nitrogen and oxygen atoms in total. The number of carbonyl (C=O) groups is 1. The van der Waals surface area contributed by atoms with Gasteiger partial charge in [-0.1, -0.05) is 12.1 Å². The summed E-state index contributed by atoms with van der Waals surface area (Å²) in [5.41, 5.74) is 2.20. The zero-order valence-corrected chi connectivity index (χ0v) is 13.4. The first kappa shape index (κ1) is 15.8. The summed E-state index contributed by atoms with van der Waals surface area (Å²) in [5.74, 6) is 0.0848. The molecule has 0 aromatic heterocycles. The van der Waals surface area contributed by atoms with Crippen LogP contribution >= 0.6 is 0 Å². The Morgan fingerprint density at radius 2 is 2.05 bits per heavy atom. The SMILES string of the molecule is CCNC(=O)Cc1ccc(NC2CCN(C(C)C)C2)cc1. The second-order valence-electron chi connectivity index (χ2n) is 6.05. The van der Waals surface area contributed by atoms with Gasteiger partial charge in [0.25, 0.3) is 0 Å². The van der Waals surface area contributed by atoms with Crippen LogP contribution in [0.25, 0.3) is 0 Å². The van der Waals surface area contributed by atoms with Gasteiger partial charge >= 0.3 is 0 Å². The van der Waals surface area contributed by atoms with Gasteiger partial charge in [-0.05, 0) is 44.9 Å². The third-order valence-corrected chi connectivity index (χ3v) is 4.01. The largest absolute Gasteiger partial charge is 0.381 e. The van der Waals surface area contributed by atoms with Crippen LogP contribution in [-0.4, -0.2) is 42.5 Å². The van der Waals surface area contributed by atoms with E-state index < -0.39 is 0 Å². The molecule has 2 N–H and O–H groups in total. The molecule has 0 aliphatic carbocycles. The van der Waals surface area contributed by atoms with Crippen LogP contribution in [0.1, 0.15) is 32.8 Å². The lowest BCUT2D eigenvalue weighted by atomic mass is 10.1. The number of hydrogen-bond acceptors (Lipinski definition) is 3. The molecular formula is C17H27N3O. The Morgan fingerprint density at radius 3 is 2.62 bits per heavy atom. The Balaban J connectivity index is 1.84. The molecule has 0 bridgehead atoms. The van der Waals surface area contributed by atoms with E-state index in [4.69, 9.17) is 0 Å². The van der Waals surface area contributed by atoms with Gasteiger partial charge in [0.15, 0.2) is 0 Å². The standard InChI is InChI=1S/C17H27N3O/c1-4-18-17(21)11-14-5-7-15(8-6-14)19-16-9-10-20(12-16)13(2)3/h5-8,13,16,19H,4,9-12H2,1-3H3,(H,18,21). The summed E-state index contributed by atoms with van der Waals surface area (Å²) in [4.78, 5) is 14.0. The fourth-order valence-corrected chi connectivity index (χ4v) is 2.77. The fraction of sp³-hybridized carbons (Fsp3) is 0.588. The monoisotopic (exact) mass is 289 g/mol. The van der Waals surface area contributed by atoms with Crippen LogP contribution in [-0.2, 0) is 11.2 Å². The minimum Gasteiger partial charge on any atom is -0.381 e. The Morgan fingerprint density at radius 1 is 1.33 bits per heavy atom. The van der Waals surface area contributed by atoms with Gasteiger partial charge in [0, 0.05) is 37.4 Å². The normalized spacial score (nSPS) is 19.0. The number of nitrogens with zero attached hydrogens (tertiary/aromatic N) is 1. The van der Waals surface area contributed by atoms with Crippen molar-refractivity contribution in [3.63, 3.8) is 0 Å². The summed E-state index contributed by atoms with van der Waals surface area (Å²) in [6.45, 7) is 9.40. The van der Waals surface area contributed by atoms with Crippen LogP contribution in [0.15, 0.2) is 24.3 Å². The van der Waals surface area contributed by atoms with Gasteiger partial charge in [-0.15, -0.1) is 0 Å². The number of anilines is 1. The molecule has 2 rings (SSSR count). The topological polar surface area (TPSA) is 44.4 Å². The number of likely N-dealkylation sites (N-methyl/N-ethyl adjacent to an activating group) is 1. The highest BCUT2D eigenvalue weighted by molar-refractivity contribution is 5.78. The number of hydrogen-bond donors (Lipinski definition) is 2. The maximum atomic E-state index is 11.5. The lowest BCUT2D eigenvalue weighted by Gasteiger charge is -2.21. The van der Waals surface area contributed by atoms with Crippen molar-refractivity contribution in [2.75, 3.05) is 25.0 Å². The predicted molar refractivity (Wildman–Crippen MR) is 87.6 cm³/mol. The highest BCUT2D eigenvalue weighted by atomic mass is 16.1. The van der Waals surface area contributed by atoms with E-state index >= 15 is 0 Å². The van der Waals surface area contributed by atoms with E-state index in [2.05, 4.69) is 41.5 Å². The average molecular weight is 289 g/mol. The second kappa shape index (κ2) is 7.46. The van der Waals surface area contributed by atoms with E-state index in [9.17, 15) is 4.79 Å². The van der Waals surface area contributed by atoms with E-state index in [1.807, 2.05) is 19.1 Å². The summed E-state index contributed by atoms with van der Waals surface area (Å²) in [5, 5.41) is 6.41. The molecule has 1 amide bonds. The molecule has 1 aliphatic rings. The summed E-state index contributed by atoms with van der Waals surface area (Å²) in [7, 11) is 0. The summed E-state index contributed by atoms with van der Waals surface area (Å²) in [6, 6.07) is 9.37. The van der Waals surface area contributed by atoms with Gasteiger partial charge in [0.1, 0.15) is 0 Å². The summed E-state index contributed by atoms with van der Waals surface area (Å²) in [6.07, 6.45) is 1.65. The first-order chi connectivity index (χ1) is 10.1. The first-order valence-corrected chi connectivity index (χ1v) is 7.94. The van der Waals surface area contributed by atoms with Crippen molar-refractivity contribution >= 4 is 11.6 Å². The Labute approximate surface area is 127 Å². The van der Waals surface area contributed by atoms with E-state index in [0.29, 0.717) is 25.0 Å². The van der Waals surface area contributed by atoms with Crippen LogP contribution in [0.2, 0.25) is 0 Å². The van der Waals surface area contributed by atoms with Crippen molar-refractivity contribution in [2.24, 2.45) is 0 Å². The van der Waals surface area contributed by atoms with E-state index in [1.54, 1.807) is 0 Å². The quantitative estimate of drug-likeness (QED) is 0.844. The maximum absolute atomic E-state index is 11.5. The lowest BCUT2D eigenvalue weighted by molar-refractivity contribution is -0.120. The molecule has 21 heavy (non-hydrogen) atoms. The van der Waals surface area contributed by atoms with Crippen molar-refractivity contribution < 1.29 is 4.79 Å². The van der Waals surface area contributed by atoms with Crippen molar-refractivity contribution in [1.29, 1.82) is 0 Å². The Hall–Kier alpha value is -1.55. The molecule has 1 aliphatic heterocycles. The van der Waals surface area contributed by atoms with Gasteiger partial charge in [0.2, 0.25) is 5.91 Å². The summed E-state index contributed by atoms with van der Waals surface area (Å²) < 4.78 is 0. The van der Waals surface area contributed by atoms with E-state index in [-0.39, 0.29) is 5.91 Å². The number of carbonyl (C=O) groups excluding carboxylic acids is 1. The Bertz CT molecular complexity index is 456. The molecule has 4 heteroatoms. The minimum absolute atomic E-state index is 0.0848. The maximum Gasteiger partial charge on any atom is 0.224 e. The van der Waals surface area contributed by atoms with Crippen LogP contribution in [0.4, 0.5) is 5.69 Å². The van der Waals surface area contributed by atoms with Crippen molar-refractivity contribution in [2.45, 2.75) is 45.7 Å².